The summed E-state index contributed by atoms with van der Waals surface area (Å²) in [6.45, 7) is 7.21. The number of anilines is 1. The molecule has 1 aromatic heterocycles. The first kappa shape index (κ1) is 15.7. The molecule has 0 bridgehead atoms. The lowest BCUT2D eigenvalue weighted by Crippen LogP contribution is -2.53. The highest BCUT2D eigenvalue weighted by Gasteiger charge is 2.28. The molecule has 0 aliphatic carbocycles. The average molecular weight is 314 g/mol. The summed E-state index contributed by atoms with van der Waals surface area (Å²) in [4.78, 5) is 12.4. The molecule has 0 spiro atoms. The Kier molecular flexibility index (Phi) is 4.45. The fourth-order valence-electron chi connectivity index (χ4n) is 2.85. The maximum absolute atomic E-state index is 12.4. The predicted molar refractivity (Wildman–Crippen MR) is 88.9 cm³/mol. The molecular formula is C17H22N4O2. The summed E-state index contributed by atoms with van der Waals surface area (Å²) < 4.78 is 7.39. The number of aryl methyl sites for hydroxylation is 2. The third-order valence-corrected chi connectivity index (χ3v) is 3.97. The van der Waals surface area contributed by atoms with Gasteiger partial charge in [0.25, 0.3) is 0 Å². The van der Waals surface area contributed by atoms with Gasteiger partial charge >= 0.3 is 0 Å². The predicted octanol–water partition coefficient (Wildman–Crippen LogP) is 1.80. The third kappa shape index (κ3) is 3.43. The molecule has 23 heavy (non-hydrogen) atoms. The topological polar surface area (TPSA) is 68.2 Å². The lowest BCUT2D eigenvalue weighted by Gasteiger charge is -2.29. The van der Waals surface area contributed by atoms with Gasteiger partial charge in [0.05, 0.1) is 24.1 Å². The van der Waals surface area contributed by atoms with E-state index in [-0.39, 0.29) is 18.1 Å². The summed E-state index contributed by atoms with van der Waals surface area (Å²) in [7, 11) is 0. The van der Waals surface area contributed by atoms with Crippen molar-refractivity contribution in [3.8, 4) is 5.69 Å². The number of hydrogen-bond acceptors (Lipinski definition) is 4. The Labute approximate surface area is 135 Å². The van der Waals surface area contributed by atoms with Gasteiger partial charge in [0, 0.05) is 17.9 Å². The van der Waals surface area contributed by atoms with Crippen LogP contribution in [0, 0.1) is 13.8 Å². The van der Waals surface area contributed by atoms with Crippen LogP contribution in [0.2, 0.25) is 0 Å². The Morgan fingerprint density at radius 3 is 2.91 bits per heavy atom. The molecule has 2 aromatic rings. The molecule has 1 saturated heterocycles. The quantitative estimate of drug-likeness (QED) is 0.906. The Morgan fingerprint density at radius 2 is 2.22 bits per heavy atom. The maximum atomic E-state index is 12.4. The number of ether oxygens (including phenoxy) is 1. The highest BCUT2D eigenvalue weighted by atomic mass is 16.5. The monoisotopic (exact) mass is 314 g/mol. The number of nitrogens with zero attached hydrogens (tertiary/aromatic N) is 2. The number of morpholine rings is 1. The molecule has 0 radical (unpaired) electrons. The van der Waals surface area contributed by atoms with E-state index in [2.05, 4.69) is 15.7 Å². The fourth-order valence-corrected chi connectivity index (χ4v) is 2.85. The number of nitrogens with one attached hydrogen (secondary N) is 2. The highest BCUT2D eigenvalue weighted by Crippen LogP contribution is 2.17. The van der Waals surface area contributed by atoms with Crippen molar-refractivity contribution in [1.82, 2.24) is 15.1 Å². The molecule has 2 heterocycles. The van der Waals surface area contributed by atoms with Crippen molar-refractivity contribution in [2.75, 3.05) is 18.5 Å². The number of aromatic nitrogens is 2. The number of benzene rings is 1. The van der Waals surface area contributed by atoms with Crippen molar-refractivity contribution in [1.29, 1.82) is 0 Å². The van der Waals surface area contributed by atoms with Gasteiger partial charge < -0.3 is 15.4 Å². The van der Waals surface area contributed by atoms with Crippen LogP contribution in [0.1, 0.15) is 18.3 Å². The van der Waals surface area contributed by atoms with E-state index >= 15 is 0 Å². The molecule has 0 saturated carbocycles. The van der Waals surface area contributed by atoms with Crippen molar-refractivity contribution in [3.05, 3.63) is 41.7 Å². The average Bonchev–Trinajstić information content (AvgIpc) is 2.86. The molecule has 2 N–H and O–H groups in total. The van der Waals surface area contributed by atoms with Crippen LogP contribution < -0.4 is 10.6 Å². The summed E-state index contributed by atoms with van der Waals surface area (Å²) in [5.41, 5.74) is 3.70. The van der Waals surface area contributed by atoms with Crippen LogP contribution in [0.25, 0.3) is 5.69 Å². The van der Waals surface area contributed by atoms with Gasteiger partial charge in [-0.1, -0.05) is 6.07 Å². The van der Waals surface area contributed by atoms with E-state index in [0.29, 0.717) is 13.2 Å². The Balaban J connectivity index is 1.77. The van der Waals surface area contributed by atoms with E-state index < -0.39 is 0 Å². The van der Waals surface area contributed by atoms with Gasteiger partial charge in [-0.25, -0.2) is 4.68 Å². The summed E-state index contributed by atoms with van der Waals surface area (Å²) >= 11 is 0. The second-order valence-electron chi connectivity index (χ2n) is 5.89. The molecule has 6 nitrogen and oxygen atoms in total. The molecule has 1 aromatic carbocycles. The van der Waals surface area contributed by atoms with Crippen molar-refractivity contribution >= 4 is 11.6 Å². The van der Waals surface area contributed by atoms with Crippen molar-refractivity contribution in [2.24, 2.45) is 0 Å². The molecule has 1 aliphatic rings. The SMILES string of the molecule is Cc1cc(C)n(-c2cccc(NC(=O)[C@H]3NCCO[C@@H]3C)c2)n1. The summed E-state index contributed by atoms with van der Waals surface area (Å²) in [5, 5.41) is 10.6. The minimum atomic E-state index is -0.332. The number of carbonyl (C=O) groups excluding carboxylic acids is 1. The van der Waals surface area contributed by atoms with Crippen LogP contribution in [-0.4, -0.2) is 41.0 Å². The van der Waals surface area contributed by atoms with E-state index in [1.165, 1.54) is 0 Å². The number of carbonyl (C=O) groups is 1. The first-order valence-electron chi connectivity index (χ1n) is 7.84. The Hall–Kier alpha value is -2.18. The molecule has 1 fully saturated rings. The van der Waals surface area contributed by atoms with Gasteiger partial charge in [0.15, 0.2) is 0 Å². The Morgan fingerprint density at radius 1 is 1.39 bits per heavy atom. The second kappa shape index (κ2) is 6.52. The van der Waals surface area contributed by atoms with E-state index in [9.17, 15) is 4.79 Å². The van der Waals surface area contributed by atoms with Crippen molar-refractivity contribution < 1.29 is 9.53 Å². The fraction of sp³-hybridized carbons (Fsp3) is 0.412. The largest absolute Gasteiger partial charge is 0.375 e. The zero-order valence-electron chi connectivity index (χ0n) is 13.7. The number of rotatable bonds is 3. The molecule has 3 rings (SSSR count). The van der Waals surface area contributed by atoms with Gasteiger partial charge in [-0.3, -0.25) is 4.79 Å². The smallest absolute Gasteiger partial charge is 0.244 e. The van der Waals surface area contributed by atoms with Crippen LogP contribution >= 0.6 is 0 Å². The minimum Gasteiger partial charge on any atom is -0.375 e. The van der Waals surface area contributed by atoms with Crippen LogP contribution in [0.15, 0.2) is 30.3 Å². The first-order chi connectivity index (χ1) is 11.0. The van der Waals surface area contributed by atoms with Crippen LogP contribution in [-0.2, 0) is 9.53 Å². The van der Waals surface area contributed by atoms with E-state index in [1.54, 1.807) is 0 Å². The minimum absolute atomic E-state index is 0.0808. The lowest BCUT2D eigenvalue weighted by atomic mass is 10.1. The lowest BCUT2D eigenvalue weighted by molar-refractivity contribution is -0.123. The normalized spacial score (nSPS) is 21.2. The molecule has 6 heteroatoms. The van der Waals surface area contributed by atoms with Crippen LogP contribution in [0.5, 0.6) is 0 Å². The first-order valence-corrected chi connectivity index (χ1v) is 7.84. The molecule has 0 unspecified atom stereocenters. The third-order valence-electron chi connectivity index (χ3n) is 3.97. The Bertz CT molecular complexity index is 710. The zero-order valence-corrected chi connectivity index (χ0v) is 13.7. The van der Waals surface area contributed by atoms with Gasteiger partial charge in [-0.05, 0) is 45.0 Å². The standard InChI is InChI=1S/C17H22N4O2/c1-11-9-12(2)21(20-11)15-6-4-5-14(10-15)19-17(22)16-13(3)23-8-7-18-16/h4-6,9-10,13,16,18H,7-8H2,1-3H3,(H,19,22)/t13-,16+/m1/s1. The highest BCUT2D eigenvalue weighted by molar-refractivity contribution is 5.95. The van der Waals surface area contributed by atoms with E-state index in [4.69, 9.17) is 4.74 Å². The second-order valence-corrected chi connectivity index (χ2v) is 5.89. The number of hydrogen-bond donors (Lipinski definition) is 2. The molecule has 1 amide bonds. The number of amides is 1. The maximum Gasteiger partial charge on any atom is 0.244 e. The van der Waals surface area contributed by atoms with Crippen LogP contribution in [0.3, 0.4) is 0 Å². The van der Waals surface area contributed by atoms with Gasteiger partial charge in [-0.2, -0.15) is 5.10 Å². The summed E-state index contributed by atoms with van der Waals surface area (Å²) in [6, 6.07) is 9.37. The van der Waals surface area contributed by atoms with Gasteiger partial charge in [0.1, 0.15) is 6.04 Å². The summed E-state index contributed by atoms with van der Waals surface area (Å²) in [5.74, 6) is -0.0808. The zero-order chi connectivity index (χ0) is 16.4. The molecule has 2 atom stereocenters. The van der Waals surface area contributed by atoms with Crippen LogP contribution in [0.4, 0.5) is 5.69 Å². The van der Waals surface area contributed by atoms with Crippen molar-refractivity contribution in [3.63, 3.8) is 0 Å². The molecular weight excluding hydrogens is 292 g/mol. The van der Waals surface area contributed by atoms with Crippen molar-refractivity contribution in [2.45, 2.75) is 32.9 Å². The van der Waals surface area contributed by atoms with Gasteiger partial charge in [0.2, 0.25) is 5.91 Å². The van der Waals surface area contributed by atoms with E-state index in [0.717, 1.165) is 22.8 Å². The van der Waals surface area contributed by atoms with E-state index in [1.807, 2.05) is 55.8 Å². The summed E-state index contributed by atoms with van der Waals surface area (Å²) in [6.07, 6.45) is -0.136. The molecule has 122 valence electrons. The van der Waals surface area contributed by atoms with Gasteiger partial charge in [-0.15, -0.1) is 0 Å². The molecule has 1 aliphatic heterocycles.